The highest BCUT2D eigenvalue weighted by Gasteiger charge is 2.33. The summed E-state index contributed by atoms with van der Waals surface area (Å²) >= 11 is 6.12. The lowest BCUT2D eigenvalue weighted by molar-refractivity contribution is -0.121. The summed E-state index contributed by atoms with van der Waals surface area (Å²) in [6, 6.07) is 13.4. The van der Waals surface area contributed by atoms with E-state index in [0.29, 0.717) is 24.4 Å². The van der Waals surface area contributed by atoms with Crippen molar-refractivity contribution in [2.75, 3.05) is 26.7 Å². The summed E-state index contributed by atoms with van der Waals surface area (Å²) < 4.78 is 0. The Hall–Kier alpha value is -3.40. The molecule has 0 spiro atoms. The Balaban J connectivity index is 0.00000235. The number of likely N-dealkylation sites (tertiary alicyclic amines) is 1. The van der Waals surface area contributed by atoms with Gasteiger partial charge in [-0.25, -0.2) is 0 Å². The van der Waals surface area contributed by atoms with Crippen LogP contribution in [0.25, 0.3) is 5.57 Å². The van der Waals surface area contributed by atoms with Crippen LogP contribution < -0.4 is 5.32 Å². The third-order valence-corrected chi connectivity index (χ3v) is 9.92. The lowest BCUT2D eigenvalue weighted by Crippen LogP contribution is -2.37. The van der Waals surface area contributed by atoms with Gasteiger partial charge in [0, 0.05) is 49.1 Å². The molecule has 0 radical (unpaired) electrons. The molecule has 5 rings (SSSR count). The number of benzene rings is 2. The van der Waals surface area contributed by atoms with Crippen molar-refractivity contribution < 1.29 is 14.4 Å². The van der Waals surface area contributed by atoms with E-state index < -0.39 is 6.04 Å². The molecule has 1 saturated heterocycles. The first-order valence-corrected chi connectivity index (χ1v) is 17.5. The number of amides is 2. The van der Waals surface area contributed by atoms with E-state index in [-0.39, 0.29) is 18.2 Å². The summed E-state index contributed by atoms with van der Waals surface area (Å²) in [5.74, 6) is 7.79. The zero-order valence-electron chi connectivity index (χ0n) is 28.0. The summed E-state index contributed by atoms with van der Waals surface area (Å²) in [6.07, 6.45) is 9.29. The number of carbonyl (C=O) groups is 3. The van der Waals surface area contributed by atoms with Gasteiger partial charge in [-0.3, -0.25) is 9.59 Å². The van der Waals surface area contributed by atoms with Crippen molar-refractivity contribution in [3.63, 3.8) is 0 Å². The number of hydrogen-bond donors (Lipinski definition) is 1. The van der Waals surface area contributed by atoms with Gasteiger partial charge in [0.1, 0.15) is 6.29 Å². The molecule has 0 bridgehead atoms. The summed E-state index contributed by atoms with van der Waals surface area (Å²) in [7, 11) is 1.57. The van der Waals surface area contributed by atoms with Gasteiger partial charge in [-0.2, -0.15) is 0 Å². The third kappa shape index (κ3) is 9.11. The molecule has 2 amide bonds. The second-order valence-electron chi connectivity index (χ2n) is 12.5. The Morgan fingerprint density at radius 3 is 2.50 bits per heavy atom. The Morgan fingerprint density at radius 2 is 1.83 bits per heavy atom. The fourth-order valence-corrected chi connectivity index (χ4v) is 7.16. The molecule has 1 aliphatic carbocycles. The number of nitrogens with zero attached hydrogens (tertiary/aromatic N) is 2. The van der Waals surface area contributed by atoms with Crippen LogP contribution >= 0.6 is 11.6 Å². The van der Waals surface area contributed by atoms with E-state index >= 15 is 0 Å². The van der Waals surface area contributed by atoms with Crippen molar-refractivity contribution in [2.45, 2.75) is 91.1 Å². The van der Waals surface area contributed by atoms with Crippen LogP contribution in [-0.2, 0) is 16.1 Å². The van der Waals surface area contributed by atoms with Crippen molar-refractivity contribution in [1.82, 2.24) is 15.1 Å². The van der Waals surface area contributed by atoms with Crippen molar-refractivity contribution >= 4 is 35.3 Å². The van der Waals surface area contributed by atoms with E-state index in [4.69, 9.17) is 11.6 Å². The maximum atomic E-state index is 12.9. The highest BCUT2D eigenvalue weighted by molar-refractivity contribution is 6.30. The molecule has 1 fully saturated rings. The van der Waals surface area contributed by atoms with Crippen LogP contribution in [0, 0.1) is 23.7 Å². The quantitative estimate of drug-likeness (QED) is 0.215. The van der Waals surface area contributed by atoms with Crippen molar-refractivity contribution in [3.8, 4) is 11.8 Å². The average Bonchev–Trinajstić information content (AvgIpc) is 3.42. The lowest BCUT2D eigenvalue weighted by atomic mass is 9.79. The van der Waals surface area contributed by atoms with Crippen LogP contribution in [0.1, 0.15) is 106 Å². The van der Waals surface area contributed by atoms with Crippen molar-refractivity contribution in [3.05, 3.63) is 75.3 Å². The monoisotopic (exact) mass is 643 g/mol. The lowest BCUT2D eigenvalue weighted by Gasteiger charge is -2.36. The Morgan fingerprint density at radius 1 is 1.09 bits per heavy atom. The summed E-state index contributed by atoms with van der Waals surface area (Å²) in [4.78, 5) is 40.5. The van der Waals surface area contributed by atoms with Crippen LogP contribution in [0.3, 0.4) is 0 Å². The van der Waals surface area contributed by atoms with Crippen LogP contribution in [0.4, 0.5) is 0 Å². The van der Waals surface area contributed by atoms with Gasteiger partial charge in [0.15, 0.2) is 0 Å². The molecule has 2 aromatic rings. The number of nitrogens with one attached hydrogen (secondary N) is 1. The largest absolute Gasteiger partial charge is 0.359 e. The number of rotatable bonds is 10. The maximum Gasteiger partial charge on any atom is 0.255 e. The molecule has 3 aliphatic rings. The minimum absolute atomic E-state index is 0.138. The molecule has 246 valence electrons. The molecule has 0 aromatic heterocycles. The number of aldehydes is 1. The zero-order chi connectivity index (χ0) is 33.1. The van der Waals surface area contributed by atoms with Gasteiger partial charge < -0.3 is 19.9 Å². The zero-order valence-corrected chi connectivity index (χ0v) is 28.8. The molecule has 2 aromatic carbocycles. The van der Waals surface area contributed by atoms with E-state index in [1.807, 2.05) is 44.2 Å². The summed E-state index contributed by atoms with van der Waals surface area (Å²) in [5, 5.41) is 3.36. The average molecular weight is 644 g/mol. The highest BCUT2D eigenvalue weighted by atomic mass is 35.5. The molecule has 7 heteroatoms. The van der Waals surface area contributed by atoms with Crippen molar-refractivity contribution in [2.24, 2.45) is 11.8 Å². The van der Waals surface area contributed by atoms with Crippen molar-refractivity contribution in [1.29, 1.82) is 0 Å². The van der Waals surface area contributed by atoms with Crippen LogP contribution in [0.2, 0.25) is 5.02 Å². The number of allylic oxidation sites excluding steroid dienone is 2. The normalized spacial score (nSPS) is 19.0. The first-order valence-electron chi connectivity index (χ1n) is 17.2. The van der Waals surface area contributed by atoms with Gasteiger partial charge >= 0.3 is 0 Å². The second-order valence-corrected chi connectivity index (χ2v) is 13.0. The molecule has 2 unspecified atom stereocenters. The number of halogens is 1. The van der Waals surface area contributed by atoms with Gasteiger partial charge in [-0.1, -0.05) is 61.9 Å². The third-order valence-electron chi connectivity index (χ3n) is 9.67. The Labute approximate surface area is 280 Å². The van der Waals surface area contributed by atoms with E-state index in [0.717, 1.165) is 60.7 Å². The molecule has 6 nitrogen and oxygen atoms in total. The second kappa shape index (κ2) is 17.5. The molecule has 0 saturated carbocycles. The van der Waals surface area contributed by atoms with E-state index in [1.54, 1.807) is 17.5 Å². The van der Waals surface area contributed by atoms with Crippen LogP contribution in [0.5, 0.6) is 0 Å². The van der Waals surface area contributed by atoms with E-state index in [2.05, 4.69) is 41.1 Å². The summed E-state index contributed by atoms with van der Waals surface area (Å²) in [6.45, 7) is 10.1. The molecule has 46 heavy (non-hydrogen) atoms. The van der Waals surface area contributed by atoms with E-state index in [9.17, 15) is 14.4 Å². The Bertz CT molecular complexity index is 1450. The van der Waals surface area contributed by atoms with Gasteiger partial charge in [0.25, 0.3) is 5.91 Å². The molecular formula is C39H50ClN3O3. The maximum absolute atomic E-state index is 12.9. The highest BCUT2D eigenvalue weighted by Crippen LogP contribution is 2.38. The standard InChI is InChI=1S/C37H44ClN3O3.C2H6/c1-3-29-22-28(8-14-34(29)30-9-11-32(38)12-10-30)23-40-19-17-26(18-20-40)5-4-6-27-7-15-35-31(21-27)24-41(37(35)44)33(25-42)13-16-36(43)39-2;1-2/h7,9-12,15,21,25-26,28,33H,3,5,8,13-14,16-20,22-24H2,1-2H3,(H,39,43);1-2H3. The fraction of sp³-hybridized carbons (Fsp3) is 0.513. The molecule has 1 N–H and O–H groups in total. The first kappa shape index (κ1) is 35.5. The van der Waals surface area contributed by atoms with E-state index in [1.165, 1.54) is 43.4 Å². The van der Waals surface area contributed by atoms with Gasteiger partial charge in [-0.05, 0) is 117 Å². The number of fused-ring (bicyclic) bond motifs is 1. The molecule has 2 aliphatic heterocycles. The predicted octanol–water partition coefficient (Wildman–Crippen LogP) is 7.53. The van der Waals surface area contributed by atoms with Gasteiger partial charge in [0.2, 0.25) is 5.91 Å². The SMILES string of the molecule is CC.CCC1=C(c2ccc(Cl)cc2)CCC(CN2CCC(CC#Cc3ccc4c(c3)CN(C(C=O)CCC(=O)NC)C4=O)CC2)C1. The first-order chi connectivity index (χ1) is 22.4. The Kier molecular flexibility index (Phi) is 13.5. The van der Waals surface area contributed by atoms with Gasteiger partial charge in [-0.15, -0.1) is 0 Å². The van der Waals surface area contributed by atoms with Crippen LogP contribution in [-0.4, -0.2) is 60.6 Å². The predicted molar refractivity (Wildman–Crippen MR) is 187 cm³/mol. The molecule has 2 atom stereocenters. The number of piperidine rings is 1. The topological polar surface area (TPSA) is 69.7 Å². The molecule has 2 heterocycles. The number of hydrogen-bond acceptors (Lipinski definition) is 4. The smallest absolute Gasteiger partial charge is 0.255 e. The number of carbonyl (C=O) groups excluding carboxylic acids is 3. The van der Waals surface area contributed by atoms with Crippen LogP contribution in [0.15, 0.2) is 48.0 Å². The van der Waals surface area contributed by atoms with Gasteiger partial charge in [0.05, 0.1) is 6.04 Å². The summed E-state index contributed by atoms with van der Waals surface area (Å²) in [5.41, 5.74) is 6.90. The fourth-order valence-electron chi connectivity index (χ4n) is 7.04. The minimum atomic E-state index is -0.609. The molecular weight excluding hydrogens is 594 g/mol. The minimum Gasteiger partial charge on any atom is -0.359 e.